The topological polar surface area (TPSA) is 57.6 Å². The Kier molecular flexibility index (Phi) is 3.64. The molecule has 0 aromatic heterocycles. The van der Waals surface area contributed by atoms with Crippen molar-refractivity contribution >= 4 is 15.5 Å². The minimum atomic E-state index is -3.24. The Morgan fingerprint density at radius 1 is 1.39 bits per heavy atom. The predicted molar refractivity (Wildman–Crippen MR) is 71.6 cm³/mol. The molecule has 0 radical (unpaired) electrons. The van der Waals surface area contributed by atoms with Crippen LogP contribution in [0.2, 0.25) is 0 Å². The van der Waals surface area contributed by atoms with E-state index in [2.05, 4.69) is 6.92 Å². The van der Waals surface area contributed by atoms with Gasteiger partial charge in [0.1, 0.15) is 0 Å². The SMILES string of the molecule is CC1CCN(c2ccccc2S(C)(=O)=O)C1CO. The highest BCUT2D eigenvalue weighted by Crippen LogP contribution is 2.33. The molecule has 1 heterocycles. The van der Waals surface area contributed by atoms with E-state index in [1.807, 2.05) is 17.0 Å². The van der Waals surface area contributed by atoms with Crippen molar-refractivity contribution in [1.29, 1.82) is 0 Å². The minimum Gasteiger partial charge on any atom is -0.394 e. The van der Waals surface area contributed by atoms with Crippen molar-refractivity contribution in [3.8, 4) is 0 Å². The second-order valence-corrected chi connectivity index (χ2v) is 6.93. The molecule has 0 aliphatic carbocycles. The third kappa shape index (κ3) is 2.37. The van der Waals surface area contributed by atoms with Gasteiger partial charge in [0.15, 0.2) is 9.84 Å². The Balaban J connectivity index is 2.46. The number of hydrogen-bond donors (Lipinski definition) is 1. The number of anilines is 1. The van der Waals surface area contributed by atoms with Crippen LogP contribution in [-0.2, 0) is 9.84 Å². The summed E-state index contributed by atoms with van der Waals surface area (Å²) in [5, 5.41) is 9.47. The normalized spacial score (nSPS) is 24.5. The smallest absolute Gasteiger partial charge is 0.177 e. The minimum absolute atomic E-state index is 0.00731. The Labute approximate surface area is 108 Å². The zero-order valence-electron chi connectivity index (χ0n) is 10.7. The first-order chi connectivity index (χ1) is 8.45. The number of aliphatic hydroxyl groups is 1. The maximum atomic E-state index is 11.8. The molecule has 100 valence electrons. The standard InChI is InChI=1S/C13H19NO3S/c1-10-7-8-14(12(10)9-15)11-5-3-4-6-13(11)18(2,16)17/h3-6,10,12,15H,7-9H2,1-2H3. The fourth-order valence-electron chi connectivity index (χ4n) is 2.59. The highest BCUT2D eigenvalue weighted by atomic mass is 32.2. The fraction of sp³-hybridized carbons (Fsp3) is 0.538. The van der Waals surface area contributed by atoms with Crippen LogP contribution in [0.1, 0.15) is 13.3 Å². The number of sulfone groups is 1. The number of benzene rings is 1. The highest BCUT2D eigenvalue weighted by molar-refractivity contribution is 7.90. The number of rotatable bonds is 3. The fourth-order valence-corrected chi connectivity index (χ4v) is 3.48. The van der Waals surface area contributed by atoms with Crippen LogP contribution in [0.5, 0.6) is 0 Å². The van der Waals surface area contributed by atoms with Crippen LogP contribution < -0.4 is 4.90 Å². The van der Waals surface area contributed by atoms with Crippen molar-refractivity contribution in [3.63, 3.8) is 0 Å². The summed E-state index contributed by atoms with van der Waals surface area (Å²) in [6, 6.07) is 7.02. The first-order valence-electron chi connectivity index (χ1n) is 6.11. The molecule has 4 nitrogen and oxygen atoms in total. The second-order valence-electron chi connectivity index (χ2n) is 4.95. The van der Waals surface area contributed by atoms with Gasteiger partial charge in [-0.25, -0.2) is 8.42 Å². The molecule has 0 spiro atoms. The van der Waals surface area contributed by atoms with E-state index in [4.69, 9.17) is 0 Å². The number of aliphatic hydroxyl groups excluding tert-OH is 1. The molecule has 1 aromatic rings. The van der Waals surface area contributed by atoms with Crippen LogP contribution in [0, 0.1) is 5.92 Å². The molecule has 5 heteroatoms. The van der Waals surface area contributed by atoms with E-state index in [1.165, 1.54) is 6.26 Å². The van der Waals surface area contributed by atoms with Crippen molar-refractivity contribution < 1.29 is 13.5 Å². The molecular formula is C13H19NO3S. The van der Waals surface area contributed by atoms with Crippen LogP contribution in [0.3, 0.4) is 0 Å². The average molecular weight is 269 g/mol. The van der Waals surface area contributed by atoms with Gasteiger partial charge >= 0.3 is 0 Å². The van der Waals surface area contributed by atoms with E-state index in [9.17, 15) is 13.5 Å². The lowest BCUT2D eigenvalue weighted by Crippen LogP contribution is -2.35. The van der Waals surface area contributed by atoms with Crippen LogP contribution in [0.4, 0.5) is 5.69 Å². The maximum Gasteiger partial charge on any atom is 0.177 e. The molecule has 2 rings (SSSR count). The van der Waals surface area contributed by atoms with Crippen molar-refractivity contribution in [2.45, 2.75) is 24.3 Å². The summed E-state index contributed by atoms with van der Waals surface area (Å²) in [6.45, 7) is 2.93. The summed E-state index contributed by atoms with van der Waals surface area (Å²) < 4.78 is 23.6. The molecule has 0 bridgehead atoms. The largest absolute Gasteiger partial charge is 0.394 e. The Morgan fingerprint density at radius 3 is 2.67 bits per heavy atom. The second kappa shape index (κ2) is 4.90. The monoisotopic (exact) mass is 269 g/mol. The predicted octanol–water partition coefficient (Wildman–Crippen LogP) is 1.30. The quantitative estimate of drug-likeness (QED) is 0.898. The van der Waals surface area contributed by atoms with Crippen molar-refractivity contribution in [3.05, 3.63) is 24.3 Å². The highest BCUT2D eigenvalue weighted by Gasteiger charge is 2.32. The van der Waals surface area contributed by atoms with E-state index in [1.54, 1.807) is 12.1 Å². The van der Waals surface area contributed by atoms with Crippen molar-refractivity contribution in [2.75, 3.05) is 24.3 Å². The molecule has 1 N–H and O–H groups in total. The van der Waals surface area contributed by atoms with Gasteiger partial charge in [0.25, 0.3) is 0 Å². The molecule has 1 aromatic carbocycles. The van der Waals surface area contributed by atoms with E-state index >= 15 is 0 Å². The first-order valence-corrected chi connectivity index (χ1v) is 8.01. The first kappa shape index (κ1) is 13.4. The average Bonchev–Trinajstić information content (AvgIpc) is 2.69. The molecule has 1 aliphatic heterocycles. The molecule has 1 fully saturated rings. The zero-order valence-corrected chi connectivity index (χ0v) is 11.5. The lowest BCUT2D eigenvalue weighted by atomic mass is 10.0. The van der Waals surface area contributed by atoms with E-state index in [0.717, 1.165) is 13.0 Å². The summed E-state index contributed by atoms with van der Waals surface area (Å²) in [4.78, 5) is 2.36. The summed E-state index contributed by atoms with van der Waals surface area (Å²) in [5.41, 5.74) is 0.711. The molecule has 2 atom stereocenters. The Hall–Kier alpha value is -1.07. The molecule has 2 unspecified atom stereocenters. The van der Waals surface area contributed by atoms with Crippen LogP contribution in [0.15, 0.2) is 29.2 Å². The van der Waals surface area contributed by atoms with Gasteiger partial charge in [-0.1, -0.05) is 19.1 Å². The number of para-hydroxylation sites is 1. The molecule has 1 aliphatic rings. The molecule has 0 amide bonds. The number of nitrogens with zero attached hydrogens (tertiary/aromatic N) is 1. The molecule has 0 saturated carbocycles. The third-order valence-electron chi connectivity index (χ3n) is 3.64. The Morgan fingerprint density at radius 2 is 2.06 bits per heavy atom. The summed E-state index contributed by atoms with van der Waals surface area (Å²) >= 11 is 0. The van der Waals surface area contributed by atoms with Crippen LogP contribution in [-0.4, -0.2) is 39.0 Å². The van der Waals surface area contributed by atoms with Gasteiger partial charge in [0, 0.05) is 12.8 Å². The van der Waals surface area contributed by atoms with Gasteiger partial charge in [-0.15, -0.1) is 0 Å². The maximum absolute atomic E-state index is 11.8. The van der Waals surface area contributed by atoms with Crippen molar-refractivity contribution in [2.24, 2.45) is 5.92 Å². The number of hydrogen-bond acceptors (Lipinski definition) is 4. The van der Waals surface area contributed by atoms with Crippen LogP contribution in [0.25, 0.3) is 0 Å². The van der Waals surface area contributed by atoms with Gasteiger partial charge in [-0.2, -0.15) is 0 Å². The van der Waals surface area contributed by atoms with Gasteiger partial charge < -0.3 is 10.0 Å². The molecule has 18 heavy (non-hydrogen) atoms. The van der Waals surface area contributed by atoms with Crippen molar-refractivity contribution in [1.82, 2.24) is 0 Å². The van der Waals surface area contributed by atoms with Gasteiger partial charge in [-0.3, -0.25) is 0 Å². The summed E-state index contributed by atoms with van der Waals surface area (Å²) in [6.07, 6.45) is 2.20. The van der Waals surface area contributed by atoms with Gasteiger partial charge in [0.2, 0.25) is 0 Å². The van der Waals surface area contributed by atoms with Gasteiger partial charge in [-0.05, 0) is 24.5 Å². The summed E-state index contributed by atoms with van der Waals surface area (Å²) in [7, 11) is -3.24. The molecular weight excluding hydrogens is 250 g/mol. The van der Waals surface area contributed by atoms with Crippen LogP contribution >= 0.6 is 0 Å². The Bertz CT molecular complexity index is 527. The van der Waals surface area contributed by atoms with Gasteiger partial charge in [0.05, 0.1) is 23.2 Å². The van der Waals surface area contributed by atoms with E-state index in [0.29, 0.717) is 16.5 Å². The molecule has 1 saturated heterocycles. The zero-order chi connectivity index (χ0) is 13.3. The van der Waals surface area contributed by atoms with E-state index < -0.39 is 9.84 Å². The third-order valence-corrected chi connectivity index (χ3v) is 4.79. The lowest BCUT2D eigenvalue weighted by Gasteiger charge is -2.28. The lowest BCUT2D eigenvalue weighted by molar-refractivity contribution is 0.244. The van der Waals surface area contributed by atoms with E-state index in [-0.39, 0.29) is 12.6 Å². The summed E-state index contributed by atoms with van der Waals surface area (Å²) in [5.74, 6) is 0.377.